The molecule has 0 heterocycles. The van der Waals surface area contributed by atoms with Gasteiger partial charge in [-0.1, -0.05) is 12.1 Å². The van der Waals surface area contributed by atoms with Gasteiger partial charge in [0.25, 0.3) is 5.91 Å². The molecule has 0 aliphatic heterocycles. The van der Waals surface area contributed by atoms with Crippen LogP contribution in [-0.4, -0.2) is 59.1 Å². The third-order valence-electron chi connectivity index (χ3n) is 5.73. The van der Waals surface area contributed by atoms with Crippen molar-refractivity contribution in [2.24, 2.45) is 5.73 Å². The Hall–Kier alpha value is -4.54. The Morgan fingerprint density at radius 1 is 1.12 bits per heavy atom. The van der Waals surface area contributed by atoms with Gasteiger partial charge >= 0.3 is 6.09 Å². The topological polar surface area (TPSA) is 160 Å². The van der Waals surface area contributed by atoms with E-state index in [2.05, 4.69) is 17.2 Å². The van der Waals surface area contributed by atoms with Gasteiger partial charge in [-0.05, 0) is 81.6 Å². The second-order valence-corrected chi connectivity index (χ2v) is 10.1. The number of rotatable bonds is 12. The average Bonchev–Trinajstić information content (AvgIpc) is 2.87. The molecule has 0 radical (unpaired) electrons. The molecule has 11 nitrogen and oxygen atoms in total. The molecular formula is C29H38N4O7. The number of aromatic hydroxyl groups is 1. The van der Waals surface area contributed by atoms with Crippen LogP contribution in [0.25, 0.3) is 0 Å². The maximum Gasteiger partial charge on any atom is 0.408 e. The number of nitrogens with two attached hydrogens (primary N) is 1. The first-order valence-corrected chi connectivity index (χ1v) is 12.7. The predicted molar refractivity (Wildman–Crippen MR) is 151 cm³/mol. The lowest BCUT2D eigenvalue weighted by Crippen LogP contribution is -2.52. The van der Waals surface area contributed by atoms with Crippen molar-refractivity contribution >= 4 is 29.5 Å². The first-order valence-electron chi connectivity index (χ1n) is 12.7. The number of phenolic OH excluding ortho intramolecular Hbond substituents is 1. The van der Waals surface area contributed by atoms with Crippen LogP contribution >= 0.6 is 0 Å². The highest BCUT2D eigenvalue weighted by molar-refractivity contribution is 5.99. The third-order valence-corrected chi connectivity index (χ3v) is 5.73. The number of methoxy groups -OCH3 is 1. The summed E-state index contributed by atoms with van der Waals surface area (Å²) in [5, 5.41) is 15.4. The maximum absolute atomic E-state index is 14.0. The Morgan fingerprint density at radius 3 is 2.30 bits per heavy atom. The molecule has 2 aromatic rings. The lowest BCUT2D eigenvalue weighted by molar-refractivity contribution is -0.140. The van der Waals surface area contributed by atoms with Gasteiger partial charge in [0.15, 0.2) is 0 Å². The summed E-state index contributed by atoms with van der Waals surface area (Å²) in [4.78, 5) is 53.1. The van der Waals surface area contributed by atoms with Crippen molar-refractivity contribution in [2.45, 2.75) is 58.2 Å². The monoisotopic (exact) mass is 554 g/mol. The molecular weight excluding hydrogens is 516 g/mol. The van der Waals surface area contributed by atoms with Gasteiger partial charge in [-0.25, -0.2) is 4.79 Å². The lowest BCUT2D eigenvalue weighted by atomic mass is 9.99. The van der Waals surface area contributed by atoms with E-state index in [1.807, 2.05) is 0 Å². The first kappa shape index (κ1) is 31.7. The number of primary amides is 1. The fourth-order valence-electron chi connectivity index (χ4n) is 3.86. The van der Waals surface area contributed by atoms with E-state index in [1.165, 1.54) is 30.2 Å². The van der Waals surface area contributed by atoms with E-state index in [-0.39, 0.29) is 25.1 Å². The fourth-order valence-corrected chi connectivity index (χ4v) is 3.86. The van der Waals surface area contributed by atoms with Gasteiger partial charge in [0.2, 0.25) is 11.8 Å². The SMILES string of the molecule is C=CCN(C(=O)C(CCC(N)=O)NC(=O)OC(C)(C)C)C(C(=O)Nc1ccc(OC)cc1)c1ccc(O)c(C)c1. The Balaban J connectivity index is 2.53. The number of hydrogen-bond acceptors (Lipinski definition) is 7. The summed E-state index contributed by atoms with van der Waals surface area (Å²) in [5.74, 6) is -1.27. The Kier molecular flexibility index (Phi) is 11.1. The number of hydrogen-bond donors (Lipinski definition) is 4. The number of nitrogens with one attached hydrogen (secondary N) is 2. The molecule has 0 fully saturated rings. The highest BCUT2D eigenvalue weighted by atomic mass is 16.6. The maximum atomic E-state index is 14.0. The second-order valence-electron chi connectivity index (χ2n) is 10.1. The van der Waals surface area contributed by atoms with Gasteiger partial charge < -0.3 is 35.8 Å². The molecule has 2 atom stereocenters. The van der Waals surface area contributed by atoms with E-state index in [0.29, 0.717) is 22.6 Å². The molecule has 0 aliphatic rings. The van der Waals surface area contributed by atoms with E-state index < -0.39 is 41.5 Å². The van der Waals surface area contributed by atoms with Crippen LogP contribution in [0.5, 0.6) is 11.5 Å². The van der Waals surface area contributed by atoms with Crippen LogP contribution in [0.2, 0.25) is 0 Å². The van der Waals surface area contributed by atoms with Crippen molar-refractivity contribution in [1.82, 2.24) is 10.2 Å². The van der Waals surface area contributed by atoms with Crippen molar-refractivity contribution in [3.05, 3.63) is 66.2 Å². The van der Waals surface area contributed by atoms with E-state index in [0.717, 1.165) is 0 Å². The lowest BCUT2D eigenvalue weighted by Gasteiger charge is -2.34. The van der Waals surface area contributed by atoms with E-state index in [4.69, 9.17) is 15.2 Å². The molecule has 0 bridgehead atoms. The number of aryl methyl sites for hydroxylation is 1. The number of anilines is 1. The number of phenols is 1. The minimum Gasteiger partial charge on any atom is -0.508 e. The normalized spacial score (nSPS) is 12.4. The first-order chi connectivity index (χ1) is 18.7. The molecule has 4 amide bonds. The van der Waals surface area contributed by atoms with Gasteiger partial charge in [0.1, 0.15) is 29.2 Å². The standard InChI is InChI=1S/C29H38N4O7/c1-7-16-33(27(37)22(13-15-24(30)35)32-28(38)40-29(3,4)5)25(19-8-14-23(34)18(2)17-19)26(36)31-20-9-11-21(39-6)12-10-20/h7-12,14,17,22,25,34H,1,13,15-16H2,2-6H3,(H2,30,35)(H,31,36)(H,32,38). The summed E-state index contributed by atoms with van der Waals surface area (Å²) < 4.78 is 10.5. The van der Waals surface area contributed by atoms with Gasteiger partial charge in [0.05, 0.1) is 7.11 Å². The van der Waals surface area contributed by atoms with Crippen molar-refractivity contribution in [3.8, 4) is 11.5 Å². The molecule has 0 spiro atoms. The molecule has 40 heavy (non-hydrogen) atoms. The van der Waals surface area contributed by atoms with Crippen LogP contribution in [0, 0.1) is 6.92 Å². The quantitative estimate of drug-likeness (QED) is 0.292. The van der Waals surface area contributed by atoms with E-state index in [9.17, 15) is 24.3 Å². The Labute approximate surface area is 234 Å². The minimum atomic E-state index is -1.24. The zero-order chi connectivity index (χ0) is 30.0. The molecule has 0 saturated carbocycles. The zero-order valence-electron chi connectivity index (χ0n) is 23.5. The van der Waals surface area contributed by atoms with Crippen molar-refractivity contribution in [3.63, 3.8) is 0 Å². The summed E-state index contributed by atoms with van der Waals surface area (Å²) in [6.07, 6.45) is 0.253. The highest BCUT2D eigenvalue weighted by Crippen LogP contribution is 2.29. The summed E-state index contributed by atoms with van der Waals surface area (Å²) in [6.45, 7) is 10.3. The molecule has 0 saturated heterocycles. The number of alkyl carbamates (subject to hydrolysis) is 1. The number of benzene rings is 2. The molecule has 2 rings (SSSR count). The number of ether oxygens (including phenoxy) is 2. The summed E-state index contributed by atoms with van der Waals surface area (Å²) in [6, 6.07) is 8.75. The average molecular weight is 555 g/mol. The van der Waals surface area contributed by atoms with Crippen LogP contribution in [0.1, 0.15) is 50.8 Å². The second kappa shape index (κ2) is 14.0. The molecule has 0 aliphatic carbocycles. The van der Waals surface area contributed by atoms with Crippen LogP contribution in [0.4, 0.5) is 10.5 Å². The fraction of sp³-hybridized carbons (Fsp3) is 0.379. The van der Waals surface area contributed by atoms with Gasteiger partial charge in [0, 0.05) is 18.7 Å². The van der Waals surface area contributed by atoms with Crippen LogP contribution in [-0.2, 0) is 19.1 Å². The van der Waals surface area contributed by atoms with Crippen LogP contribution in [0.3, 0.4) is 0 Å². The Morgan fingerprint density at radius 2 is 1.77 bits per heavy atom. The van der Waals surface area contributed by atoms with Crippen molar-refractivity contribution < 1.29 is 33.8 Å². The summed E-state index contributed by atoms with van der Waals surface area (Å²) in [5.41, 5.74) is 5.83. The highest BCUT2D eigenvalue weighted by Gasteiger charge is 2.36. The van der Waals surface area contributed by atoms with Gasteiger partial charge in [-0.15, -0.1) is 6.58 Å². The molecule has 216 valence electrons. The minimum absolute atomic E-state index is 0.0191. The summed E-state index contributed by atoms with van der Waals surface area (Å²) >= 11 is 0. The van der Waals surface area contributed by atoms with Gasteiger partial charge in [-0.2, -0.15) is 0 Å². The number of carbonyl (C=O) groups excluding carboxylic acids is 4. The van der Waals surface area contributed by atoms with Crippen molar-refractivity contribution in [1.29, 1.82) is 0 Å². The van der Waals surface area contributed by atoms with Gasteiger partial charge in [-0.3, -0.25) is 14.4 Å². The smallest absolute Gasteiger partial charge is 0.408 e. The molecule has 5 N–H and O–H groups in total. The number of carbonyl (C=O) groups is 4. The predicted octanol–water partition coefficient (Wildman–Crippen LogP) is 3.56. The third kappa shape index (κ3) is 9.33. The molecule has 0 aromatic heterocycles. The largest absolute Gasteiger partial charge is 0.508 e. The molecule has 11 heteroatoms. The van der Waals surface area contributed by atoms with Crippen LogP contribution in [0.15, 0.2) is 55.1 Å². The number of nitrogens with zero attached hydrogens (tertiary/aromatic N) is 1. The molecule has 2 unspecified atom stereocenters. The summed E-state index contributed by atoms with van der Waals surface area (Å²) in [7, 11) is 1.52. The zero-order valence-corrected chi connectivity index (χ0v) is 23.5. The molecule has 2 aromatic carbocycles. The Bertz CT molecular complexity index is 1220. The van der Waals surface area contributed by atoms with Crippen LogP contribution < -0.4 is 21.1 Å². The van der Waals surface area contributed by atoms with Crippen molar-refractivity contribution in [2.75, 3.05) is 19.0 Å². The van der Waals surface area contributed by atoms with E-state index in [1.54, 1.807) is 58.0 Å². The van der Waals surface area contributed by atoms with E-state index >= 15 is 0 Å². The number of amides is 4.